The fraction of sp³-hybridized carbons (Fsp3) is 0.0877. The van der Waals surface area contributed by atoms with Gasteiger partial charge in [0.15, 0.2) is 0 Å². The molecule has 0 bridgehead atoms. The average Bonchev–Trinajstić information content (AvgIpc) is 3.82. The van der Waals surface area contributed by atoms with Crippen molar-refractivity contribution in [1.29, 1.82) is 0 Å². The Balaban J connectivity index is 1.10. The normalized spacial score (nSPS) is 14.4. The van der Waals surface area contributed by atoms with Gasteiger partial charge in [-0.05, 0) is 138 Å². The lowest BCUT2D eigenvalue weighted by atomic mass is 9.70. The van der Waals surface area contributed by atoms with Gasteiger partial charge in [-0.3, -0.25) is 0 Å². The quantitative estimate of drug-likeness (QED) is 0.174. The standard InChI is InChI=1S/C57H41N/c1-36-33-38(42-22-14-16-37-15-4-5-17-41(37)42)27-32-55(36)58(39-28-30-47-43-18-6-10-23-49(43)56(2,3)53(47)34-39)40-29-31-48-46-21-9-13-26-52(46)57(54(48)35-40)50-24-11-7-19-44(50)45-20-8-12-25-51(45)57/h4-35H,1-3H3. The fourth-order valence-corrected chi connectivity index (χ4v) is 11.0. The van der Waals surface area contributed by atoms with E-state index in [0.29, 0.717) is 0 Å². The molecule has 9 aromatic carbocycles. The second kappa shape index (κ2) is 12.0. The summed E-state index contributed by atoms with van der Waals surface area (Å²) < 4.78 is 0. The van der Waals surface area contributed by atoms with Gasteiger partial charge in [-0.15, -0.1) is 0 Å². The molecule has 0 aromatic heterocycles. The Morgan fingerprint density at radius 2 is 0.828 bits per heavy atom. The molecule has 0 atom stereocenters. The predicted molar refractivity (Wildman–Crippen MR) is 243 cm³/mol. The largest absolute Gasteiger partial charge is 0.310 e. The van der Waals surface area contributed by atoms with Crippen molar-refractivity contribution in [3.05, 3.63) is 233 Å². The minimum Gasteiger partial charge on any atom is -0.310 e. The molecule has 274 valence electrons. The van der Waals surface area contributed by atoms with Gasteiger partial charge in [0.05, 0.1) is 5.41 Å². The minimum atomic E-state index is -0.421. The third kappa shape index (κ3) is 4.36. The number of fused-ring (bicyclic) bond motifs is 14. The van der Waals surface area contributed by atoms with Crippen LogP contribution in [0.2, 0.25) is 0 Å². The number of hydrogen-bond donors (Lipinski definition) is 0. The van der Waals surface area contributed by atoms with E-state index >= 15 is 0 Å². The summed E-state index contributed by atoms with van der Waals surface area (Å²) >= 11 is 0. The summed E-state index contributed by atoms with van der Waals surface area (Å²) in [4.78, 5) is 2.52. The average molecular weight is 740 g/mol. The number of benzene rings is 9. The van der Waals surface area contributed by atoms with Gasteiger partial charge >= 0.3 is 0 Å². The van der Waals surface area contributed by atoms with Crippen molar-refractivity contribution >= 4 is 27.8 Å². The van der Waals surface area contributed by atoms with E-state index in [-0.39, 0.29) is 5.41 Å². The van der Waals surface area contributed by atoms with Crippen molar-refractivity contribution in [1.82, 2.24) is 0 Å². The number of anilines is 3. The van der Waals surface area contributed by atoms with Gasteiger partial charge in [0.2, 0.25) is 0 Å². The monoisotopic (exact) mass is 739 g/mol. The molecule has 0 unspecified atom stereocenters. The van der Waals surface area contributed by atoms with E-state index in [1.807, 2.05) is 0 Å². The summed E-state index contributed by atoms with van der Waals surface area (Å²) in [6, 6.07) is 73.0. The first-order chi connectivity index (χ1) is 28.4. The van der Waals surface area contributed by atoms with E-state index in [2.05, 4.69) is 220 Å². The highest BCUT2D eigenvalue weighted by Crippen LogP contribution is 2.63. The second-order valence-electron chi connectivity index (χ2n) is 16.9. The third-order valence-corrected chi connectivity index (χ3v) is 13.6. The lowest BCUT2D eigenvalue weighted by molar-refractivity contribution is 0.660. The van der Waals surface area contributed by atoms with Crippen LogP contribution >= 0.6 is 0 Å². The van der Waals surface area contributed by atoms with Crippen molar-refractivity contribution in [2.45, 2.75) is 31.6 Å². The molecule has 1 spiro atoms. The van der Waals surface area contributed by atoms with E-state index in [1.54, 1.807) is 0 Å². The summed E-state index contributed by atoms with van der Waals surface area (Å²) in [6.45, 7) is 7.03. The van der Waals surface area contributed by atoms with E-state index < -0.39 is 5.41 Å². The summed E-state index contributed by atoms with van der Waals surface area (Å²) in [5.41, 5.74) is 22.8. The number of hydrogen-bond acceptors (Lipinski definition) is 1. The third-order valence-electron chi connectivity index (χ3n) is 13.6. The van der Waals surface area contributed by atoms with Gasteiger partial charge < -0.3 is 4.90 Å². The molecule has 0 saturated heterocycles. The number of nitrogens with zero attached hydrogens (tertiary/aromatic N) is 1. The van der Waals surface area contributed by atoms with Crippen LogP contribution in [0.5, 0.6) is 0 Å². The van der Waals surface area contributed by atoms with Gasteiger partial charge in [-0.1, -0.05) is 172 Å². The van der Waals surface area contributed by atoms with E-state index in [9.17, 15) is 0 Å². The molecule has 12 rings (SSSR count). The SMILES string of the molecule is Cc1cc(-c2cccc3ccccc23)ccc1N(c1ccc2c(c1)C(C)(C)c1ccccc1-2)c1ccc2c(c1)C1(c3ccccc3-c3ccccc31)c1ccccc1-2. The topological polar surface area (TPSA) is 3.24 Å². The van der Waals surface area contributed by atoms with E-state index in [0.717, 1.165) is 11.4 Å². The van der Waals surface area contributed by atoms with Crippen LogP contribution in [0.15, 0.2) is 194 Å². The van der Waals surface area contributed by atoms with Crippen LogP contribution in [0.3, 0.4) is 0 Å². The maximum atomic E-state index is 2.52. The van der Waals surface area contributed by atoms with Crippen molar-refractivity contribution in [3.63, 3.8) is 0 Å². The zero-order chi connectivity index (χ0) is 38.8. The van der Waals surface area contributed by atoms with Crippen molar-refractivity contribution in [2.24, 2.45) is 0 Å². The zero-order valence-electron chi connectivity index (χ0n) is 32.9. The number of aryl methyl sites for hydroxylation is 1. The first-order valence-corrected chi connectivity index (χ1v) is 20.5. The first kappa shape index (κ1) is 33.2. The van der Waals surface area contributed by atoms with Crippen molar-refractivity contribution in [3.8, 4) is 44.5 Å². The maximum Gasteiger partial charge on any atom is 0.0726 e. The van der Waals surface area contributed by atoms with Crippen molar-refractivity contribution in [2.75, 3.05) is 4.90 Å². The molecule has 9 aromatic rings. The van der Waals surface area contributed by atoms with Crippen LogP contribution in [0.1, 0.15) is 52.8 Å². The van der Waals surface area contributed by atoms with Crippen LogP contribution in [0, 0.1) is 6.92 Å². The molecule has 1 nitrogen and oxygen atoms in total. The van der Waals surface area contributed by atoms with Crippen LogP contribution in [0.25, 0.3) is 55.3 Å². The summed E-state index contributed by atoms with van der Waals surface area (Å²) in [6.07, 6.45) is 0. The molecule has 3 aliphatic carbocycles. The Labute approximate surface area is 340 Å². The van der Waals surface area contributed by atoms with E-state index in [1.165, 1.54) is 99.9 Å². The lowest BCUT2D eigenvalue weighted by Crippen LogP contribution is -2.26. The Hall–Kier alpha value is -6.96. The van der Waals surface area contributed by atoms with Gasteiger partial charge in [0.1, 0.15) is 0 Å². The van der Waals surface area contributed by atoms with Gasteiger partial charge in [0, 0.05) is 22.5 Å². The molecule has 0 amide bonds. The Kier molecular flexibility index (Phi) is 6.88. The van der Waals surface area contributed by atoms with Gasteiger partial charge in [0.25, 0.3) is 0 Å². The molecule has 0 aliphatic heterocycles. The molecule has 0 radical (unpaired) electrons. The molecular formula is C57H41N. The maximum absolute atomic E-state index is 2.52. The predicted octanol–water partition coefficient (Wildman–Crippen LogP) is 14.9. The minimum absolute atomic E-state index is 0.123. The molecule has 0 saturated carbocycles. The molecule has 0 N–H and O–H groups in total. The number of rotatable bonds is 4. The van der Waals surface area contributed by atoms with E-state index in [4.69, 9.17) is 0 Å². The van der Waals surface area contributed by atoms with Crippen LogP contribution in [-0.4, -0.2) is 0 Å². The molecule has 58 heavy (non-hydrogen) atoms. The summed E-state index contributed by atoms with van der Waals surface area (Å²) in [7, 11) is 0. The van der Waals surface area contributed by atoms with Crippen LogP contribution in [-0.2, 0) is 10.8 Å². The first-order valence-electron chi connectivity index (χ1n) is 20.5. The molecular weight excluding hydrogens is 699 g/mol. The summed E-state index contributed by atoms with van der Waals surface area (Å²) in [5, 5.41) is 2.53. The molecule has 3 aliphatic rings. The second-order valence-corrected chi connectivity index (χ2v) is 16.9. The van der Waals surface area contributed by atoms with Crippen molar-refractivity contribution < 1.29 is 0 Å². The van der Waals surface area contributed by atoms with Crippen LogP contribution < -0.4 is 4.90 Å². The highest BCUT2D eigenvalue weighted by Gasteiger charge is 2.51. The Morgan fingerprint density at radius 1 is 0.362 bits per heavy atom. The van der Waals surface area contributed by atoms with Gasteiger partial charge in [-0.2, -0.15) is 0 Å². The Morgan fingerprint density at radius 3 is 1.45 bits per heavy atom. The van der Waals surface area contributed by atoms with Crippen LogP contribution in [0.4, 0.5) is 17.1 Å². The molecule has 1 heteroatoms. The highest BCUT2D eigenvalue weighted by molar-refractivity contribution is 5.99. The Bertz CT molecular complexity index is 3110. The molecule has 0 fully saturated rings. The molecule has 0 heterocycles. The highest BCUT2D eigenvalue weighted by atomic mass is 15.1. The summed E-state index contributed by atoms with van der Waals surface area (Å²) in [5.74, 6) is 0. The fourth-order valence-electron chi connectivity index (χ4n) is 11.0. The lowest BCUT2D eigenvalue weighted by Gasteiger charge is -2.33. The van der Waals surface area contributed by atoms with Gasteiger partial charge in [-0.25, -0.2) is 0 Å². The zero-order valence-corrected chi connectivity index (χ0v) is 32.9. The smallest absolute Gasteiger partial charge is 0.0726 e.